The smallest absolute Gasteiger partial charge is 0.341 e. The van der Waals surface area contributed by atoms with Crippen LogP contribution in [-0.2, 0) is 9.53 Å². The molecule has 0 radical (unpaired) electrons. The highest BCUT2D eigenvalue weighted by atomic mass is 19.1. The zero-order valence-electron chi connectivity index (χ0n) is 5.06. The summed E-state index contributed by atoms with van der Waals surface area (Å²) in [4.78, 5) is 10.2. The van der Waals surface area contributed by atoms with Gasteiger partial charge in [0.1, 0.15) is 0 Å². The summed E-state index contributed by atoms with van der Waals surface area (Å²) in [6.45, 7) is 0. The topological polar surface area (TPSA) is 26.3 Å². The van der Waals surface area contributed by atoms with Crippen molar-refractivity contribution in [3.63, 3.8) is 0 Å². The van der Waals surface area contributed by atoms with Gasteiger partial charge in [-0.25, -0.2) is 9.18 Å². The van der Waals surface area contributed by atoms with E-state index in [0.717, 1.165) is 7.11 Å². The van der Waals surface area contributed by atoms with Crippen molar-refractivity contribution >= 4 is 5.97 Å². The Kier molecular flexibility index (Phi) is 3.45. The largest absolute Gasteiger partial charge is 0.467 e. The number of carbonyl (C=O) groups excluding carboxylic acids is 1. The van der Waals surface area contributed by atoms with Gasteiger partial charge < -0.3 is 4.74 Å². The lowest BCUT2D eigenvalue weighted by Gasteiger charge is -1.98. The molecule has 0 heterocycles. The van der Waals surface area contributed by atoms with Crippen LogP contribution in [0.1, 0.15) is 6.42 Å². The van der Waals surface area contributed by atoms with Gasteiger partial charge in [-0.3, -0.25) is 0 Å². The third-order valence-electron chi connectivity index (χ3n) is 0.754. The van der Waals surface area contributed by atoms with Crippen LogP contribution in [0.25, 0.3) is 0 Å². The molecule has 0 aliphatic heterocycles. The monoisotopic (exact) mass is 130 g/mol. The van der Waals surface area contributed by atoms with Crippen molar-refractivity contribution in [1.82, 2.24) is 0 Å². The molecule has 0 saturated heterocycles. The Labute approximate surface area is 53.0 Å². The number of hydrogen-bond donors (Lipinski definition) is 0. The molecule has 0 amide bonds. The highest BCUT2D eigenvalue weighted by Crippen LogP contribution is 1.97. The minimum Gasteiger partial charge on any atom is -0.467 e. The zero-order chi connectivity index (χ0) is 7.28. The van der Waals surface area contributed by atoms with E-state index in [9.17, 15) is 9.18 Å². The second-order valence-corrected chi connectivity index (χ2v) is 1.40. The number of ether oxygens (including phenoxy) is 1. The quantitative estimate of drug-likeness (QED) is 0.402. The Bertz CT molecular complexity index is 136. The Hall–Kier alpha value is -1.04. The number of esters is 1. The molecule has 0 rings (SSSR count). The molecular formula is C6H7FO2. The number of hydrogen-bond acceptors (Lipinski definition) is 2. The minimum atomic E-state index is -1.67. The van der Waals surface area contributed by atoms with Crippen molar-refractivity contribution in [2.45, 2.75) is 12.6 Å². The third-order valence-corrected chi connectivity index (χ3v) is 0.754. The fourth-order valence-electron chi connectivity index (χ4n) is 0.315. The summed E-state index contributed by atoms with van der Waals surface area (Å²) in [5.41, 5.74) is 0. The van der Waals surface area contributed by atoms with E-state index in [-0.39, 0.29) is 6.42 Å². The van der Waals surface area contributed by atoms with Crippen molar-refractivity contribution in [3.8, 4) is 12.3 Å². The molecule has 0 fully saturated rings. The summed E-state index contributed by atoms with van der Waals surface area (Å²) in [7, 11) is 1.12. The van der Waals surface area contributed by atoms with Crippen LogP contribution in [0.4, 0.5) is 4.39 Å². The summed E-state index contributed by atoms with van der Waals surface area (Å²) in [5, 5.41) is 0. The highest BCUT2D eigenvalue weighted by Gasteiger charge is 2.14. The first-order chi connectivity index (χ1) is 4.22. The number of rotatable bonds is 2. The van der Waals surface area contributed by atoms with Gasteiger partial charge >= 0.3 is 5.97 Å². The molecule has 0 aromatic carbocycles. The second kappa shape index (κ2) is 3.90. The molecule has 0 aliphatic rings. The van der Waals surface area contributed by atoms with Crippen LogP contribution in [0.15, 0.2) is 0 Å². The van der Waals surface area contributed by atoms with Gasteiger partial charge in [0, 0.05) is 0 Å². The molecule has 1 atom stereocenters. The van der Waals surface area contributed by atoms with E-state index >= 15 is 0 Å². The van der Waals surface area contributed by atoms with E-state index in [2.05, 4.69) is 4.74 Å². The summed E-state index contributed by atoms with van der Waals surface area (Å²) < 4.78 is 16.2. The predicted molar refractivity (Wildman–Crippen MR) is 30.4 cm³/mol. The fraction of sp³-hybridized carbons (Fsp3) is 0.500. The lowest BCUT2D eigenvalue weighted by Crippen LogP contribution is -2.15. The van der Waals surface area contributed by atoms with Crippen molar-refractivity contribution < 1.29 is 13.9 Å². The van der Waals surface area contributed by atoms with E-state index in [0.29, 0.717) is 0 Å². The summed E-state index contributed by atoms with van der Waals surface area (Å²) in [6.07, 6.45) is 2.84. The number of carbonyl (C=O) groups is 1. The average Bonchev–Trinajstić information content (AvgIpc) is 1.87. The van der Waals surface area contributed by atoms with Gasteiger partial charge in [0.05, 0.1) is 13.5 Å². The predicted octanol–water partition coefficient (Wildman–Crippen LogP) is 0.521. The van der Waals surface area contributed by atoms with Crippen LogP contribution in [-0.4, -0.2) is 19.3 Å². The Morgan fingerprint density at radius 3 is 2.89 bits per heavy atom. The van der Waals surface area contributed by atoms with Crippen LogP contribution in [0.2, 0.25) is 0 Å². The molecule has 0 spiro atoms. The fourth-order valence-corrected chi connectivity index (χ4v) is 0.315. The van der Waals surface area contributed by atoms with Gasteiger partial charge in [-0.1, -0.05) is 0 Å². The number of methoxy groups -OCH3 is 1. The lowest BCUT2D eigenvalue weighted by molar-refractivity contribution is -0.146. The van der Waals surface area contributed by atoms with Crippen LogP contribution in [0.3, 0.4) is 0 Å². The lowest BCUT2D eigenvalue weighted by atomic mass is 10.3. The van der Waals surface area contributed by atoms with Crippen LogP contribution in [0, 0.1) is 12.3 Å². The molecule has 9 heavy (non-hydrogen) atoms. The third kappa shape index (κ3) is 2.70. The van der Waals surface area contributed by atoms with Crippen LogP contribution < -0.4 is 0 Å². The van der Waals surface area contributed by atoms with Gasteiger partial charge in [-0.05, 0) is 0 Å². The standard InChI is InChI=1S/C6H7FO2/c1-3-4-5(7)6(8)9-2/h1,5H,4H2,2H3. The van der Waals surface area contributed by atoms with Crippen molar-refractivity contribution in [1.29, 1.82) is 0 Å². The molecule has 0 aromatic heterocycles. The summed E-state index contributed by atoms with van der Waals surface area (Å²) in [5.74, 6) is 1.10. The van der Waals surface area contributed by atoms with Gasteiger partial charge in [0.2, 0.25) is 6.17 Å². The summed E-state index contributed by atoms with van der Waals surface area (Å²) >= 11 is 0. The van der Waals surface area contributed by atoms with E-state index in [1.54, 1.807) is 0 Å². The van der Waals surface area contributed by atoms with Gasteiger partial charge in [0.25, 0.3) is 0 Å². The summed E-state index contributed by atoms with van der Waals surface area (Å²) in [6, 6.07) is 0. The molecular weight excluding hydrogens is 123 g/mol. The Morgan fingerprint density at radius 1 is 2.00 bits per heavy atom. The van der Waals surface area contributed by atoms with Crippen LogP contribution >= 0.6 is 0 Å². The number of halogens is 1. The molecule has 1 unspecified atom stereocenters. The first-order valence-electron chi connectivity index (χ1n) is 2.37. The van der Waals surface area contributed by atoms with E-state index < -0.39 is 12.1 Å². The van der Waals surface area contributed by atoms with Crippen molar-refractivity contribution in [2.24, 2.45) is 0 Å². The van der Waals surface area contributed by atoms with Crippen molar-refractivity contribution in [2.75, 3.05) is 7.11 Å². The van der Waals surface area contributed by atoms with Gasteiger partial charge in [0.15, 0.2) is 0 Å². The molecule has 0 N–H and O–H groups in total. The first kappa shape index (κ1) is 7.96. The molecule has 2 nitrogen and oxygen atoms in total. The Morgan fingerprint density at radius 2 is 2.56 bits per heavy atom. The second-order valence-electron chi connectivity index (χ2n) is 1.40. The number of terminal acetylenes is 1. The van der Waals surface area contributed by atoms with Gasteiger partial charge in [-0.2, -0.15) is 0 Å². The van der Waals surface area contributed by atoms with Gasteiger partial charge in [-0.15, -0.1) is 12.3 Å². The maximum atomic E-state index is 12.2. The first-order valence-corrected chi connectivity index (χ1v) is 2.37. The van der Waals surface area contributed by atoms with E-state index in [1.165, 1.54) is 0 Å². The van der Waals surface area contributed by atoms with Crippen molar-refractivity contribution in [3.05, 3.63) is 0 Å². The molecule has 0 bridgehead atoms. The maximum absolute atomic E-state index is 12.2. The number of alkyl halides is 1. The molecule has 0 aliphatic carbocycles. The van der Waals surface area contributed by atoms with E-state index in [4.69, 9.17) is 6.42 Å². The Balaban J connectivity index is 3.62. The molecule has 3 heteroatoms. The minimum absolute atomic E-state index is 0.216. The highest BCUT2D eigenvalue weighted by molar-refractivity contribution is 5.74. The average molecular weight is 130 g/mol. The van der Waals surface area contributed by atoms with E-state index in [1.807, 2.05) is 5.92 Å². The molecule has 0 aromatic rings. The molecule has 0 saturated carbocycles. The molecule has 50 valence electrons. The normalized spacial score (nSPS) is 11.7. The zero-order valence-corrected chi connectivity index (χ0v) is 5.06. The maximum Gasteiger partial charge on any atom is 0.341 e. The SMILES string of the molecule is C#CCC(F)C(=O)OC. The van der Waals surface area contributed by atoms with Crippen LogP contribution in [0.5, 0.6) is 0 Å².